The zero-order valence-electron chi connectivity index (χ0n) is 12.1. The summed E-state index contributed by atoms with van der Waals surface area (Å²) in [5.74, 6) is 1.80. The molecule has 1 heterocycles. The largest absolute Gasteiger partial charge is 0.438 e. The molecule has 0 fully saturated rings. The monoisotopic (exact) mass is 279 g/mol. The zero-order chi connectivity index (χ0) is 14.8. The number of anilines is 1. The fourth-order valence-corrected chi connectivity index (χ4v) is 2.16. The van der Waals surface area contributed by atoms with Gasteiger partial charge in [0.05, 0.1) is 10.9 Å². The second-order valence-electron chi connectivity index (χ2n) is 5.28. The van der Waals surface area contributed by atoms with Gasteiger partial charge in [0, 0.05) is 5.69 Å². The Bertz CT molecular complexity index is 767. The molecule has 2 aromatic carbocycles. The molecule has 21 heavy (non-hydrogen) atoms. The van der Waals surface area contributed by atoms with Gasteiger partial charge in [-0.1, -0.05) is 26.0 Å². The normalized spacial score (nSPS) is 11.0. The Morgan fingerprint density at radius 3 is 2.48 bits per heavy atom. The molecular weight excluding hydrogens is 262 g/mol. The highest BCUT2D eigenvalue weighted by molar-refractivity contribution is 5.85. The summed E-state index contributed by atoms with van der Waals surface area (Å²) in [6.07, 6.45) is 1.49. The molecule has 0 aliphatic rings. The highest BCUT2D eigenvalue weighted by Gasteiger charge is 2.07. The van der Waals surface area contributed by atoms with Gasteiger partial charge in [0.25, 0.3) is 0 Å². The molecule has 2 N–H and O–H groups in total. The highest BCUT2D eigenvalue weighted by atomic mass is 16.5. The van der Waals surface area contributed by atoms with E-state index < -0.39 is 0 Å². The van der Waals surface area contributed by atoms with E-state index in [1.807, 2.05) is 30.3 Å². The van der Waals surface area contributed by atoms with Crippen molar-refractivity contribution in [1.82, 2.24) is 9.97 Å². The molecule has 0 amide bonds. The molecule has 106 valence electrons. The number of hydrogen-bond acceptors (Lipinski definition) is 4. The third kappa shape index (κ3) is 2.79. The number of hydrogen-bond donors (Lipinski definition) is 1. The van der Waals surface area contributed by atoms with E-state index in [-0.39, 0.29) is 0 Å². The summed E-state index contributed by atoms with van der Waals surface area (Å²) >= 11 is 0. The van der Waals surface area contributed by atoms with Gasteiger partial charge in [-0.15, -0.1) is 0 Å². The Morgan fingerprint density at radius 1 is 1.00 bits per heavy atom. The maximum absolute atomic E-state index is 5.87. The Labute approximate surface area is 123 Å². The van der Waals surface area contributed by atoms with Crippen LogP contribution in [0.5, 0.6) is 11.6 Å². The van der Waals surface area contributed by atoms with Crippen molar-refractivity contribution >= 4 is 16.6 Å². The molecule has 0 saturated heterocycles. The predicted octanol–water partition coefficient (Wildman–Crippen LogP) is 4.13. The number of benzene rings is 2. The Kier molecular flexibility index (Phi) is 3.44. The van der Waals surface area contributed by atoms with E-state index >= 15 is 0 Å². The molecule has 0 unspecified atom stereocenters. The van der Waals surface area contributed by atoms with E-state index in [1.54, 1.807) is 0 Å². The second-order valence-corrected chi connectivity index (χ2v) is 5.28. The molecule has 1 aromatic heterocycles. The molecule has 0 bridgehead atoms. The summed E-state index contributed by atoms with van der Waals surface area (Å²) in [7, 11) is 0. The van der Waals surface area contributed by atoms with Crippen LogP contribution in [0.25, 0.3) is 10.9 Å². The van der Waals surface area contributed by atoms with Crippen molar-refractivity contribution < 1.29 is 4.74 Å². The quantitative estimate of drug-likeness (QED) is 0.732. The topological polar surface area (TPSA) is 61.0 Å². The van der Waals surface area contributed by atoms with Crippen molar-refractivity contribution in [2.45, 2.75) is 19.8 Å². The van der Waals surface area contributed by atoms with E-state index in [1.165, 1.54) is 11.9 Å². The van der Waals surface area contributed by atoms with Gasteiger partial charge in [-0.25, -0.2) is 9.97 Å². The first-order valence-corrected chi connectivity index (χ1v) is 6.91. The minimum Gasteiger partial charge on any atom is -0.438 e. The average molecular weight is 279 g/mol. The third-order valence-corrected chi connectivity index (χ3v) is 3.39. The lowest BCUT2D eigenvalue weighted by atomic mass is 10.0. The fourth-order valence-electron chi connectivity index (χ4n) is 2.16. The Hall–Kier alpha value is -2.62. The van der Waals surface area contributed by atoms with Crippen molar-refractivity contribution in [3.8, 4) is 11.6 Å². The average Bonchev–Trinajstić information content (AvgIpc) is 2.47. The molecule has 0 radical (unpaired) electrons. The van der Waals surface area contributed by atoms with Crippen molar-refractivity contribution in [1.29, 1.82) is 0 Å². The van der Waals surface area contributed by atoms with E-state index in [9.17, 15) is 0 Å². The van der Waals surface area contributed by atoms with Gasteiger partial charge in [-0.3, -0.25) is 0 Å². The maximum Gasteiger partial charge on any atom is 0.230 e. The summed E-state index contributed by atoms with van der Waals surface area (Å²) in [6.45, 7) is 4.33. The molecule has 0 saturated carbocycles. The van der Waals surface area contributed by atoms with Crippen LogP contribution in [0.15, 0.2) is 48.8 Å². The van der Waals surface area contributed by atoms with Crippen LogP contribution >= 0.6 is 0 Å². The summed E-state index contributed by atoms with van der Waals surface area (Å²) in [5, 5.41) is 0.847. The van der Waals surface area contributed by atoms with Gasteiger partial charge < -0.3 is 10.5 Å². The van der Waals surface area contributed by atoms with Crippen molar-refractivity contribution in [3.05, 3.63) is 54.4 Å². The number of aromatic nitrogens is 2. The van der Waals surface area contributed by atoms with Crippen LogP contribution in [0.2, 0.25) is 0 Å². The summed E-state index contributed by atoms with van der Waals surface area (Å²) < 4.78 is 5.87. The van der Waals surface area contributed by atoms with Gasteiger partial charge in [-0.2, -0.15) is 0 Å². The minimum atomic E-state index is 0.502. The number of nitrogen functional groups attached to an aromatic ring is 1. The second kappa shape index (κ2) is 5.40. The van der Waals surface area contributed by atoms with Gasteiger partial charge >= 0.3 is 0 Å². The molecular formula is C17H17N3O. The van der Waals surface area contributed by atoms with Crippen LogP contribution in [0.1, 0.15) is 25.3 Å². The van der Waals surface area contributed by atoms with Crippen molar-refractivity contribution in [2.75, 3.05) is 5.73 Å². The molecule has 0 aliphatic carbocycles. The van der Waals surface area contributed by atoms with Gasteiger partial charge in [-0.05, 0) is 41.8 Å². The fraction of sp³-hybridized carbons (Fsp3) is 0.176. The van der Waals surface area contributed by atoms with Crippen LogP contribution in [-0.4, -0.2) is 9.97 Å². The molecule has 0 spiro atoms. The maximum atomic E-state index is 5.87. The minimum absolute atomic E-state index is 0.502. The number of ether oxygens (including phenoxy) is 1. The SMILES string of the molecule is CC(C)c1ccc(Oc2ncnc3cc(N)ccc23)cc1. The Balaban J connectivity index is 1.94. The lowest BCUT2D eigenvalue weighted by molar-refractivity contribution is 0.468. The van der Waals surface area contributed by atoms with Gasteiger partial charge in [0.2, 0.25) is 5.88 Å². The van der Waals surface area contributed by atoms with Crippen LogP contribution in [0, 0.1) is 0 Å². The highest BCUT2D eigenvalue weighted by Crippen LogP contribution is 2.28. The molecule has 4 heteroatoms. The lowest BCUT2D eigenvalue weighted by Gasteiger charge is -2.09. The summed E-state index contributed by atoms with van der Waals surface area (Å²) in [6, 6.07) is 13.6. The smallest absolute Gasteiger partial charge is 0.230 e. The molecule has 3 rings (SSSR count). The zero-order valence-corrected chi connectivity index (χ0v) is 12.1. The van der Waals surface area contributed by atoms with Crippen molar-refractivity contribution in [3.63, 3.8) is 0 Å². The summed E-state index contributed by atoms with van der Waals surface area (Å²) in [5.41, 5.74) is 8.50. The third-order valence-electron chi connectivity index (χ3n) is 3.39. The number of nitrogens with two attached hydrogens (primary N) is 1. The van der Waals surface area contributed by atoms with Gasteiger partial charge in [0.15, 0.2) is 0 Å². The first-order chi connectivity index (χ1) is 10.1. The molecule has 3 aromatic rings. The molecule has 0 atom stereocenters. The first kappa shape index (κ1) is 13.4. The van der Waals surface area contributed by atoms with Crippen molar-refractivity contribution in [2.24, 2.45) is 0 Å². The van der Waals surface area contributed by atoms with Crippen LogP contribution in [-0.2, 0) is 0 Å². The van der Waals surface area contributed by atoms with Crippen LogP contribution < -0.4 is 10.5 Å². The number of nitrogens with zero attached hydrogens (tertiary/aromatic N) is 2. The van der Waals surface area contributed by atoms with E-state index in [2.05, 4.69) is 35.9 Å². The number of rotatable bonds is 3. The standard InChI is InChI=1S/C17H17N3O/c1-11(2)12-3-6-14(7-4-12)21-17-15-8-5-13(18)9-16(15)19-10-20-17/h3-11H,18H2,1-2H3. The molecule has 0 aliphatic heterocycles. The Morgan fingerprint density at radius 2 is 1.76 bits per heavy atom. The lowest BCUT2D eigenvalue weighted by Crippen LogP contribution is -1.93. The van der Waals surface area contributed by atoms with Gasteiger partial charge in [0.1, 0.15) is 12.1 Å². The van der Waals surface area contributed by atoms with E-state index in [4.69, 9.17) is 10.5 Å². The first-order valence-electron chi connectivity index (χ1n) is 6.91. The predicted molar refractivity (Wildman–Crippen MR) is 84.6 cm³/mol. The van der Waals surface area contributed by atoms with E-state index in [0.717, 1.165) is 16.7 Å². The van der Waals surface area contributed by atoms with Crippen LogP contribution in [0.3, 0.4) is 0 Å². The summed E-state index contributed by atoms with van der Waals surface area (Å²) in [4.78, 5) is 8.43. The van der Waals surface area contributed by atoms with E-state index in [0.29, 0.717) is 17.5 Å². The number of fused-ring (bicyclic) bond motifs is 1. The van der Waals surface area contributed by atoms with Crippen LogP contribution in [0.4, 0.5) is 5.69 Å². The molecule has 4 nitrogen and oxygen atoms in total.